The van der Waals surface area contributed by atoms with Gasteiger partial charge < -0.3 is 16.4 Å². The van der Waals surface area contributed by atoms with E-state index in [-0.39, 0.29) is 24.4 Å². The van der Waals surface area contributed by atoms with Gasteiger partial charge in [-0.05, 0) is 47.9 Å². The number of urea groups is 1. The highest BCUT2D eigenvalue weighted by Gasteiger charge is 2.28. The van der Waals surface area contributed by atoms with Gasteiger partial charge in [-0.1, -0.05) is 31.0 Å². The summed E-state index contributed by atoms with van der Waals surface area (Å²) in [4.78, 5) is 24.6. The van der Waals surface area contributed by atoms with Crippen molar-refractivity contribution in [1.29, 1.82) is 0 Å². The van der Waals surface area contributed by atoms with E-state index in [9.17, 15) is 9.59 Å². The first-order chi connectivity index (χ1) is 12.1. The number of rotatable bonds is 6. The number of nitrogens with one attached hydrogen (secondary N) is 2. The molecule has 5 nitrogen and oxygen atoms in total. The van der Waals surface area contributed by atoms with Crippen LogP contribution in [0.3, 0.4) is 0 Å². The van der Waals surface area contributed by atoms with Crippen molar-refractivity contribution >= 4 is 29.0 Å². The molecule has 25 heavy (non-hydrogen) atoms. The summed E-state index contributed by atoms with van der Waals surface area (Å²) in [6.45, 7) is 0. The molecule has 1 unspecified atom stereocenters. The summed E-state index contributed by atoms with van der Waals surface area (Å²) < 4.78 is 0. The first-order valence-electron chi connectivity index (χ1n) is 8.60. The summed E-state index contributed by atoms with van der Waals surface area (Å²) in [7, 11) is 0. The Hall–Kier alpha value is -2.34. The fourth-order valence-corrected chi connectivity index (χ4v) is 4.27. The second-order valence-electron chi connectivity index (χ2n) is 6.48. The number of primary amides is 1. The van der Waals surface area contributed by atoms with Gasteiger partial charge in [0.25, 0.3) is 0 Å². The van der Waals surface area contributed by atoms with Gasteiger partial charge in [0.05, 0.1) is 12.5 Å². The molecule has 1 aromatic heterocycles. The van der Waals surface area contributed by atoms with Crippen LogP contribution < -0.4 is 16.4 Å². The lowest BCUT2D eigenvalue weighted by atomic mass is 9.97. The Morgan fingerprint density at radius 1 is 1.16 bits per heavy atom. The number of anilines is 1. The number of carbonyl (C=O) groups is 2. The van der Waals surface area contributed by atoms with E-state index in [2.05, 4.69) is 16.7 Å². The lowest BCUT2D eigenvalue weighted by molar-refractivity contribution is -0.117. The van der Waals surface area contributed by atoms with E-state index in [0.29, 0.717) is 11.6 Å². The zero-order valence-electron chi connectivity index (χ0n) is 14.0. The second kappa shape index (κ2) is 8.16. The van der Waals surface area contributed by atoms with Crippen LogP contribution in [0.15, 0.2) is 41.8 Å². The molecule has 0 aliphatic heterocycles. The van der Waals surface area contributed by atoms with Crippen molar-refractivity contribution in [1.82, 2.24) is 5.32 Å². The molecule has 1 aromatic carbocycles. The van der Waals surface area contributed by atoms with Crippen LogP contribution in [0.5, 0.6) is 0 Å². The smallest absolute Gasteiger partial charge is 0.319 e. The Morgan fingerprint density at radius 2 is 1.88 bits per heavy atom. The summed E-state index contributed by atoms with van der Waals surface area (Å²) in [5.41, 5.74) is 6.72. The van der Waals surface area contributed by atoms with Gasteiger partial charge >= 0.3 is 6.03 Å². The van der Waals surface area contributed by atoms with Crippen molar-refractivity contribution in [3.05, 3.63) is 52.2 Å². The molecular formula is C19H23N3O2S. The van der Waals surface area contributed by atoms with Crippen molar-refractivity contribution in [2.75, 3.05) is 5.32 Å². The largest absolute Gasteiger partial charge is 0.369 e. The third-order valence-electron chi connectivity index (χ3n) is 4.60. The number of benzene rings is 1. The van der Waals surface area contributed by atoms with Crippen LogP contribution in [0.4, 0.5) is 10.5 Å². The quantitative estimate of drug-likeness (QED) is 0.734. The van der Waals surface area contributed by atoms with Crippen LogP contribution in [0.2, 0.25) is 0 Å². The Balaban J connectivity index is 1.62. The average molecular weight is 357 g/mol. The van der Waals surface area contributed by atoms with Crippen LogP contribution in [-0.4, -0.2) is 11.9 Å². The SMILES string of the molecule is NC(=O)Cc1ccc(NC(=O)NC(c2cccs2)C2CCCC2)cc1. The summed E-state index contributed by atoms with van der Waals surface area (Å²) in [5.74, 6) is 0.135. The van der Waals surface area contributed by atoms with E-state index >= 15 is 0 Å². The van der Waals surface area contributed by atoms with E-state index in [4.69, 9.17) is 5.73 Å². The molecule has 132 valence electrons. The lowest BCUT2D eigenvalue weighted by Gasteiger charge is -2.24. The van der Waals surface area contributed by atoms with Crippen molar-refractivity contribution in [2.24, 2.45) is 11.7 Å². The number of amides is 3. The number of carbonyl (C=O) groups excluding carboxylic acids is 2. The topological polar surface area (TPSA) is 84.2 Å². The molecule has 1 fully saturated rings. The maximum absolute atomic E-state index is 12.4. The fourth-order valence-electron chi connectivity index (χ4n) is 3.40. The highest BCUT2D eigenvalue weighted by molar-refractivity contribution is 7.10. The molecule has 6 heteroatoms. The molecule has 1 aliphatic carbocycles. The van der Waals surface area contributed by atoms with E-state index in [1.54, 1.807) is 35.6 Å². The van der Waals surface area contributed by atoms with Crippen LogP contribution in [-0.2, 0) is 11.2 Å². The summed E-state index contributed by atoms with van der Waals surface area (Å²) in [6, 6.07) is 11.2. The molecule has 3 amide bonds. The Labute approximate surface area is 151 Å². The van der Waals surface area contributed by atoms with Gasteiger partial charge in [-0.3, -0.25) is 4.79 Å². The van der Waals surface area contributed by atoms with Gasteiger partial charge in [0.2, 0.25) is 5.91 Å². The molecule has 0 spiro atoms. The average Bonchev–Trinajstić information content (AvgIpc) is 3.28. The summed E-state index contributed by atoms with van der Waals surface area (Å²) >= 11 is 1.69. The van der Waals surface area contributed by atoms with Crippen LogP contribution in [0.1, 0.15) is 42.2 Å². The molecule has 1 heterocycles. The number of hydrogen-bond acceptors (Lipinski definition) is 3. The first kappa shape index (κ1) is 17.5. The second-order valence-corrected chi connectivity index (χ2v) is 7.46. The third-order valence-corrected chi connectivity index (χ3v) is 5.55. The van der Waals surface area contributed by atoms with Gasteiger partial charge in [-0.25, -0.2) is 4.79 Å². The van der Waals surface area contributed by atoms with Gasteiger partial charge in [0.1, 0.15) is 0 Å². The van der Waals surface area contributed by atoms with E-state index < -0.39 is 0 Å². The molecule has 1 saturated carbocycles. The lowest BCUT2D eigenvalue weighted by Crippen LogP contribution is -2.35. The van der Waals surface area contributed by atoms with E-state index in [1.807, 2.05) is 11.4 Å². The minimum absolute atomic E-state index is 0.0663. The Bertz CT molecular complexity index is 707. The minimum atomic E-state index is -0.367. The zero-order valence-corrected chi connectivity index (χ0v) is 14.9. The van der Waals surface area contributed by atoms with Crippen molar-refractivity contribution in [3.8, 4) is 0 Å². The molecule has 0 radical (unpaired) electrons. The Morgan fingerprint density at radius 3 is 2.48 bits per heavy atom. The van der Waals surface area contributed by atoms with Crippen LogP contribution >= 0.6 is 11.3 Å². The predicted molar refractivity (Wildman–Crippen MR) is 101 cm³/mol. The van der Waals surface area contributed by atoms with Crippen molar-refractivity contribution in [3.63, 3.8) is 0 Å². The maximum atomic E-state index is 12.4. The van der Waals surface area contributed by atoms with Gasteiger partial charge in [0.15, 0.2) is 0 Å². The molecule has 3 rings (SSSR count). The predicted octanol–water partition coefficient (Wildman–Crippen LogP) is 3.83. The number of thiophene rings is 1. The highest BCUT2D eigenvalue weighted by atomic mass is 32.1. The summed E-state index contributed by atoms with van der Waals surface area (Å²) in [5, 5.41) is 8.07. The molecule has 1 aliphatic rings. The van der Waals surface area contributed by atoms with Crippen LogP contribution in [0, 0.1) is 5.92 Å². The number of nitrogens with two attached hydrogens (primary N) is 1. The fraction of sp³-hybridized carbons (Fsp3) is 0.368. The van der Waals surface area contributed by atoms with Crippen LogP contribution in [0.25, 0.3) is 0 Å². The normalized spacial score (nSPS) is 15.7. The van der Waals surface area contributed by atoms with Gasteiger partial charge in [-0.2, -0.15) is 0 Å². The van der Waals surface area contributed by atoms with Crippen molar-refractivity contribution in [2.45, 2.75) is 38.1 Å². The minimum Gasteiger partial charge on any atom is -0.369 e. The van der Waals surface area contributed by atoms with Crippen molar-refractivity contribution < 1.29 is 9.59 Å². The molecule has 1 atom stereocenters. The monoisotopic (exact) mass is 357 g/mol. The molecule has 4 N–H and O–H groups in total. The Kier molecular flexibility index (Phi) is 5.71. The third kappa shape index (κ3) is 4.82. The standard InChI is InChI=1S/C19H23N3O2S/c20-17(23)12-13-7-9-15(10-8-13)21-19(24)22-18(14-4-1-2-5-14)16-6-3-11-25-16/h3,6-11,14,18H,1-2,4-5,12H2,(H2,20,23)(H2,21,22,24). The summed E-state index contributed by atoms with van der Waals surface area (Å²) in [6.07, 6.45) is 4.98. The van der Waals surface area contributed by atoms with E-state index in [0.717, 1.165) is 18.4 Å². The highest BCUT2D eigenvalue weighted by Crippen LogP contribution is 2.37. The van der Waals surface area contributed by atoms with Gasteiger partial charge in [0, 0.05) is 10.6 Å². The molecule has 0 bridgehead atoms. The molecular weight excluding hydrogens is 334 g/mol. The zero-order chi connectivity index (χ0) is 17.6. The first-order valence-corrected chi connectivity index (χ1v) is 9.48. The maximum Gasteiger partial charge on any atom is 0.319 e. The molecule has 0 saturated heterocycles. The number of hydrogen-bond donors (Lipinski definition) is 3. The van der Waals surface area contributed by atoms with E-state index in [1.165, 1.54) is 17.7 Å². The molecule has 2 aromatic rings. The van der Waals surface area contributed by atoms with Gasteiger partial charge in [-0.15, -0.1) is 11.3 Å².